The van der Waals surface area contributed by atoms with E-state index in [0.717, 1.165) is 50.0 Å². The van der Waals surface area contributed by atoms with Gasteiger partial charge in [0.15, 0.2) is 0 Å². The normalized spacial score (nSPS) is 16.2. The number of halogens is 1. The van der Waals surface area contributed by atoms with E-state index >= 15 is 0 Å². The zero-order chi connectivity index (χ0) is 23.8. The molecule has 2 aromatic carbocycles. The van der Waals surface area contributed by atoms with Crippen molar-refractivity contribution in [3.05, 3.63) is 71.5 Å². The first-order valence-electron chi connectivity index (χ1n) is 11.8. The van der Waals surface area contributed by atoms with Crippen LogP contribution in [0.3, 0.4) is 0 Å². The van der Waals surface area contributed by atoms with Crippen molar-refractivity contribution in [3.63, 3.8) is 0 Å². The minimum atomic E-state index is -0.433. The van der Waals surface area contributed by atoms with Crippen LogP contribution in [-0.2, 0) is 16.0 Å². The van der Waals surface area contributed by atoms with Gasteiger partial charge in [0.25, 0.3) is 0 Å². The van der Waals surface area contributed by atoms with E-state index in [1.54, 1.807) is 12.1 Å². The molecule has 1 heterocycles. The molecule has 1 saturated heterocycles. The Kier molecular flexibility index (Phi) is 8.61. The van der Waals surface area contributed by atoms with Crippen LogP contribution in [0.2, 0.25) is 0 Å². The molecule has 5 nitrogen and oxygen atoms in total. The molecule has 2 aromatic rings. The van der Waals surface area contributed by atoms with Gasteiger partial charge in [-0.15, -0.1) is 0 Å². The summed E-state index contributed by atoms with van der Waals surface area (Å²) in [6.07, 6.45) is 2.92. The van der Waals surface area contributed by atoms with Crippen molar-refractivity contribution >= 4 is 11.8 Å². The number of nitrogens with zero attached hydrogens (tertiary/aromatic N) is 1. The van der Waals surface area contributed by atoms with Crippen molar-refractivity contribution in [2.45, 2.75) is 58.5 Å². The van der Waals surface area contributed by atoms with Crippen LogP contribution in [0.25, 0.3) is 0 Å². The maximum atomic E-state index is 13.0. The van der Waals surface area contributed by atoms with Gasteiger partial charge >= 0.3 is 0 Å². The molecular weight excluding hydrogens is 417 g/mol. The molecule has 0 aromatic heterocycles. The van der Waals surface area contributed by atoms with Crippen molar-refractivity contribution < 1.29 is 14.0 Å². The molecule has 2 amide bonds. The number of nitrogens with one attached hydrogen (secondary N) is 2. The lowest BCUT2D eigenvalue weighted by molar-refractivity contribution is -0.129. The highest BCUT2D eigenvalue weighted by molar-refractivity contribution is 5.81. The minimum absolute atomic E-state index is 0.0194. The van der Waals surface area contributed by atoms with E-state index in [0.29, 0.717) is 0 Å². The summed E-state index contributed by atoms with van der Waals surface area (Å²) in [5.74, 6) is -0.257. The Morgan fingerprint density at radius 3 is 2.27 bits per heavy atom. The Labute approximate surface area is 196 Å². The predicted octanol–water partition coefficient (Wildman–Crippen LogP) is 4.24. The molecule has 0 bridgehead atoms. The Morgan fingerprint density at radius 1 is 1.03 bits per heavy atom. The number of hydrogen-bond donors (Lipinski definition) is 2. The Bertz CT molecular complexity index is 901. The first kappa shape index (κ1) is 24.9. The third-order valence-electron chi connectivity index (χ3n) is 6.15. The largest absolute Gasteiger partial charge is 0.353 e. The van der Waals surface area contributed by atoms with Crippen molar-refractivity contribution in [1.82, 2.24) is 15.5 Å². The average molecular weight is 454 g/mol. The fraction of sp³-hybridized carbons (Fsp3) is 0.481. The van der Waals surface area contributed by atoms with Gasteiger partial charge in [0.2, 0.25) is 11.8 Å². The highest BCUT2D eigenvalue weighted by Gasteiger charge is 2.26. The first-order valence-corrected chi connectivity index (χ1v) is 11.8. The van der Waals surface area contributed by atoms with E-state index in [1.807, 2.05) is 39.0 Å². The number of amides is 2. The number of carbonyl (C=O) groups excluding carboxylic acids is 2. The lowest BCUT2D eigenvalue weighted by Gasteiger charge is -2.33. The SMILES string of the molecule is CC(C)(C)C(=O)NC(CCN1CCC(NC(=O)Cc2ccc(F)cc2)CC1)c1ccccc1. The molecule has 0 radical (unpaired) electrons. The second kappa shape index (κ2) is 11.4. The zero-order valence-corrected chi connectivity index (χ0v) is 19.9. The van der Waals surface area contributed by atoms with Gasteiger partial charge in [-0.1, -0.05) is 63.2 Å². The van der Waals surface area contributed by atoms with Gasteiger partial charge in [-0.05, 0) is 42.5 Å². The summed E-state index contributed by atoms with van der Waals surface area (Å²) in [6.45, 7) is 8.51. The standard InChI is InChI=1S/C27H36FN3O2/c1-27(2,3)26(33)30-24(21-7-5-4-6-8-21)15-18-31-16-13-23(14-17-31)29-25(32)19-20-9-11-22(28)12-10-20/h4-12,23-24H,13-19H2,1-3H3,(H,29,32)(H,30,33). The second-order valence-electron chi connectivity index (χ2n) is 9.96. The Hall–Kier alpha value is -2.73. The summed E-state index contributed by atoms with van der Waals surface area (Å²) < 4.78 is 13.0. The summed E-state index contributed by atoms with van der Waals surface area (Å²) in [5.41, 5.74) is 1.51. The number of carbonyl (C=O) groups is 2. The number of hydrogen-bond acceptors (Lipinski definition) is 3. The fourth-order valence-electron chi connectivity index (χ4n) is 4.06. The lowest BCUT2D eigenvalue weighted by Crippen LogP contribution is -2.46. The van der Waals surface area contributed by atoms with Crippen molar-refractivity contribution in [3.8, 4) is 0 Å². The third-order valence-corrected chi connectivity index (χ3v) is 6.15. The molecule has 1 aliphatic heterocycles. The highest BCUT2D eigenvalue weighted by atomic mass is 19.1. The van der Waals surface area contributed by atoms with Gasteiger partial charge in [-0.2, -0.15) is 0 Å². The molecule has 33 heavy (non-hydrogen) atoms. The summed E-state index contributed by atoms with van der Waals surface area (Å²) in [5, 5.41) is 6.35. The smallest absolute Gasteiger partial charge is 0.225 e. The quantitative estimate of drug-likeness (QED) is 0.628. The van der Waals surface area contributed by atoms with E-state index in [-0.39, 0.29) is 36.1 Å². The van der Waals surface area contributed by atoms with Gasteiger partial charge < -0.3 is 15.5 Å². The molecule has 1 atom stereocenters. The maximum absolute atomic E-state index is 13.0. The van der Waals surface area contributed by atoms with Crippen LogP contribution in [0.15, 0.2) is 54.6 Å². The fourth-order valence-corrected chi connectivity index (χ4v) is 4.06. The second-order valence-corrected chi connectivity index (χ2v) is 9.96. The average Bonchev–Trinajstić information content (AvgIpc) is 2.79. The maximum Gasteiger partial charge on any atom is 0.225 e. The number of benzene rings is 2. The molecule has 6 heteroatoms. The lowest BCUT2D eigenvalue weighted by atomic mass is 9.93. The summed E-state index contributed by atoms with van der Waals surface area (Å²) in [6, 6.07) is 16.3. The van der Waals surface area contributed by atoms with Gasteiger partial charge in [0.1, 0.15) is 5.82 Å². The number of rotatable bonds is 8. The molecular formula is C27H36FN3O2. The third kappa shape index (κ3) is 7.97. The van der Waals surface area contributed by atoms with Crippen molar-refractivity contribution in [2.75, 3.05) is 19.6 Å². The Balaban J connectivity index is 1.46. The summed E-state index contributed by atoms with van der Waals surface area (Å²) in [7, 11) is 0. The van der Waals surface area contributed by atoms with Gasteiger partial charge in [-0.3, -0.25) is 9.59 Å². The molecule has 3 rings (SSSR count). The molecule has 0 saturated carbocycles. The topological polar surface area (TPSA) is 61.4 Å². The molecule has 0 aliphatic carbocycles. The van der Waals surface area contributed by atoms with Crippen LogP contribution >= 0.6 is 0 Å². The van der Waals surface area contributed by atoms with Gasteiger partial charge in [0.05, 0.1) is 12.5 Å². The van der Waals surface area contributed by atoms with Crippen LogP contribution in [0.5, 0.6) is 0 Å². The zero-order valence-electron chi connectivity index (χ0n) is 19.9. The summed E-state index contributed by atoms with van der Waals surface area (Å²) in [4.78, 5) is 27.4. The van der Waals surface area contributed by atoms with Crippen LogP contribution in [0, 0.1) is 11.2 Å². The van der Waals surface area contributed by atoms with E-state index in [9.17, 15) is 14.0 Å². The highest BCUT2D eigenvalue weighted by Crippen LogP contribution is 2.22. The van der Waals surface area contributed by atoms with Gasteiger partial charge in [-0.25, -0.2) is 4.39 Å². The Morgan fingerprint density at radius 2 is 1.67 bits per heavy atom. The van der Waals surface area contributed by atoms with Crippen molar-refractivity contribution in [2.24, 2.45) is 5.41 Å². The molecule has 1 fully saturated rings. The molecule has 1 unspecified atom stereocenters. The molecule has 178 valence electrons. The first-order chi connectivity index (χ1) is 15.7. The van der Waals surface area contributed by atoms with Crippen LogP contribution in [0.4, 0.5) is 4.39 Å². The van der Waals surface area contributed by atoms with E-state index < -0.39 is 5.41 Å². The number of piperidine rings is 1. The monoisotopic (exact) mass is 453 g/mol. The molecule has 1 aliphatic rings. The van der Waals surface area contributed by atoms with Crippen LogP contribution < -0.4 is 10.6 Å². The van der Waals surface area contributed by atoms with Gasteiger partial charge in [0, 0.05) is 31.1 Å². The predicted molar refractivity (Wildman–Crippen MR) is 129 cm³/mol. The van der Waals surface area contributed by atoms with Crippen LogP contribution in [0.1, 0.15) is 57.2 Å². The molecule has 0 spiro atoms. The van der Waals surface area contributed by atoms with E-state index in [1.165, 1.54) is 12.1 Å². The molecule has 2 N–H and O–H groups in total. The van der Waals surface area contributed by atoms with Crippen LogP contribution in [-0.4, -0.2) is 42.4 Å². The van der Waals surface area contributed by atoms with E-state index in [2.05, 4.69) is 27.7 Å². The minimum Gasteiger partial charge on any atom is -0.353 e. The summed E-state index contributed by atoms with van der Waals surface area (Å²) >= 11 is 0. The number of likely N-dealkylation sites (tertiary alicyclic amines) is 1. The van der Waals surface area contributed by atoms with E-state index in [4.69, 9.17) is 0 Å². The van der Waals surface area contributed by atoms with Crippen molar-refractivity contribution in [1.29, 1.82) is 0 Å².